The van der Waals surface area contributed by atoms with Crippen molar-refractivity contribution in [3.63, 3.8) is 0 Å². The number of allylic oxidation sites excluding steroid dienone is 2. The van der Waals surface area contributed by atoms with Crippen molar-refractivity contribution < 1.29 is 0 Å². The zero-order valence-electron chi connectivity index (χ0n) is 3.47. The Bertz CT molecular complexity index is 102. The quantitative estimate of drug-likeness (QED) is 0.400. The first-order valence-electron chi connectivity index (χ1n) is 1.72. The first-order chi connectivity index (χ1) is 2.89. The summed E-state index contributed by atoms with van der Waals surface area (Å²) in [6.45, 7) is 1.85. The third-order valence-electron chi connectivity index (χ3n) is 0.539. The van der Waals surface area contributed by atoms with Gasteiger partial charge in [0.25, 0.3) is 0 Å². The van der Waals surface area contributed by atoms with Crippen LogP contribution in [0.3, 0.4) is 0 Å². The molecule has 0 amide bonds. The van der Waals surface area contributed by atoms with Gasteiger partial charge < -0.3 is 0 Å². The Hall–Kier alpha value is -0.790. The first-order valence-corrected chi connectivity index (χ1v) is 1.72. The maximum Gasteiger partial charge on any atom is 0.0695 e. The standard InChI is InChI=1S/C4H4N2/c1-4-2-3-5-6-4/h3H,1H3. The van der Waals surface area contributed by atoms with E-state index in [1.807, 2.05) is 6.92 Å². The Morgan fingerprint density at radius 1 is 1.83 bits per heavy atom. The highest BCUT2D eigenvalue weighted by atomic mass is 15.3. The Morgan fingerprint density at radius 2 is 2.67 bits per heavy atom. The van der Waals surface area contributed by atoms with Gasteiger partial charge in [-0.05, 0) is 6.92 Å². The molecule has 30 valence electrons. The van der Waals surface area contributed by atoms with Gasteiger partial charge in [0.15, 0.2) is 0 Å². The predicted octanol–water partition coefficient (Wildman–Crippen LogP) is 0.297. The van der Waals surface area contributed by atoms with Crippen molar-refractivity contribution in [2.45, 2.75) is 6.92 Å². The van der Waals surface area contributed by atoms with Crippen LogP contribution in [0, 0.1) is 6.08 Å². The fourth-order valence-electron chi connectivity index (χ4n) is 0.267. The molecule has 0 fully saturated rings. The lowest BCUT2D eigenvalue weighted by Crippen LogP contribution is -1.82. The summed E-state index contributed by atoms with van der Waals surface area (Å²) in [5.74, 6) is 0. The number of hydrogen-bond donors (Lipinski definition) is 0. The topological polar surface area (TPSA) is 26.5 Å². The molecule has 0 aliphatic carbocycles. The molecule has 0 spiro atoms. The lowest BCUT2D eigenvalue weighted by atomic mass is 10.5. The van der Waals surface area contributed by atoms with Crippen LogP contribution in [0.4, 0.5) is 0 Å². The summed E-state index contributed by atoms with van der Waals surface area (Å²) < 4.78 is 0. The molecule has 0 aromatic rings. The van der Waals surface area contributed by atoms with Crippen molar-refractivity contribution in [2.75, 3.05) is 0 Å². The molecule has 1 aliphatic rings. The van der Waals surface area contributed by atoms with Crippen molar-refractivity contribution in [1.82, 2.24) is 5.43 Å². The average Bonchev–Trinajstić information content (AvgIpc) is 1.86. The van der Waals surface area contributed by atoms with Crippen LogP contribution in [-0.4, -0.2) is 6.21 Å². The Morgan fingerprint density at radius 3 is 2.83 bits per heavy atom. The fourth-order valence-corrected chi connectivity index (χ4v) is 0.267. The van der Waals surface area contributed by atoms with Crippen LogP contribution in [0.15, 0.2) is 10.8 Å². The molecular formula is C4H4N2. The summed E-state index contributed by atoms with van der Waals surface area (Å²) >= 11 is 0. The Balaban J connectivity index is 2.61. The van der Waals surface area contributed by atoms with Crippen molar-refractivity contribution in [3.05, 3.63) is 11.8 Å². The van der Waals surface area contributed by atoms with Crippen LogP contribution in [0.25, 0.3) is 0 Å². The van der Waals surface area contributed by atoms with Crippen LogP contribution in [0.5, 0.6) is 0 Å². The molecule has 0 aromatic heterocycles. The summed E-state index contributed by atoms with van der Waals surface area (Å²) in [5, 5.41) is 3.52. The largest absolute Gasteiger partial charge is 0.158 e. The molecule has 0 aromatic carbocycles. The van der Waals surface area contributed by atoms with Crippen molar-refractivity contribution in [1.29, 1.82) is 0 Å². The maximum absolute atomic E-state index is 3.61. The maximum atomic E-state index is 3.61. The van der Waals surface area contributed by atoms with Gasteiger partial charge in [-0.15, -0.1) is 0 Å². The van der Waals surface area contributed by atoms with E-state index in [1.165, 1.54) is 0 Å². The zero-order valence-corrected chi connectivity index (χ0v) is 3.47. The molecule has 1 heterocycles. The van der Waals surface area contributed by atoms with Crippen LogP contribution in [-0.2, 0) is 0 Å². The Kier molecular flexibility index (Phi) is 0.638. The van der Waals surface area contributed by atoms with Gasteiger partial charge in [0.1, 0.15) is 0 Å². The molecule has 2 radical (unpaired) electrons. The van der Waals surface area contributed by atoms with E-state index in [0.717, 1.165) is 5.70 Å². The lowest BCUT2D eigenvalue weighted by Gasteiger charge is -1.78. The first kappa shape index (κ1) is 3.40. The van der Waals surface area contributed by atoms with Crippen LogP contribution in [0.2, 0.25) is 0 Å². The summed E-state index contributed by atoms with van der Waals surface area (Å²) in [6, 6.07) is 0. The lowest BCUT2D eigenvalue weighted by molar-refractivity contribution is 0.896. The summed E-state index contributed by atoms with van der Waals surface area (Å²) in [7, 11) is 0. The van der Waals surface area contributed by atoms with E-state index in [2.05, 4.69) is 16.6 Å². The van der Waals surface area contributed by atoms with Gasteiger partial charge in [0, 0.05) is 6.08 Å². The van der Waals surface area contributed by atoms with Gasteiger partial charge in [-0.3, -0.25) is 0 Å². The third-order valence-corrected chi connectivity index (χ3v) is 0.539. The molecule has 6 heavy (non-hydrogen) atoms. The summed E-state index contributed by atoms with van der Waals surface area (Å²) in [6.07, 6.45) is 4.33. The molecule has 1 aliphatic heterocycles. The second-order valence-electron chi connectivity index (χ2n) is 1.07. The Labute approximate surface area is 36.6 Å². The molecule has 1 rings (SSSR count). The SMILES string of the molecule is CC1=[C]C=N[N]1. The minimum absolute atomic E-state index is 0.856. The highest BCUT2D eigenvalue weighted by Crippen LogP contribution is 1.89. The molecule has 0 saturated carbocycles. The molecule has 0 unspecified atom stereocenters. The minimum atomic E-state index is 0.856. The highest BCUT2D eigenvalue weighted by molar-refractivity contribution is 5.68. The van der Waals surface area contributed by atoms with E-state index < -0.39 is 0 Å². The molecular weight excluding hydrogens is 76.1 g/mol. The predicted molar refractivity (Wildman–Crippen MR) is 23.1 cm³/mol. The highest BCUT2D eigenvalue weighted by Gasteiger charge is 1.89. The van der Waals surface area contributed by atoms with E-state index in [1.54, 1.807) is 6.21 Å². The van der Waals surface area contributed by atoms with Crippen LogP contribution < -0.4 is 5.43 Å². The van der Waals surface area contributed by atoms with Crippen molar-refractivity contribution >= 4 is 6.21 Å². The second-order valence-corrected chi connectivity index (χ2v) is 1.07. The van der Waals surface area contributed by atoms with E-state index in [0.29, 0.717) is 0 Å². The minimum Gasteiger partial charge on any atom is -0.158 e. The van der Waals surface area contributed by atoms with Gasteiger partial charge in [-0.1, -0.05) is 0 Å². The number of nitrogens with zero attached hydrogens (tertiary/aromatic N) is 2. The normalized spacial score (nSPS) is 17.2. The van der Waals surface area contributed by atoms with E-state index in [9.17, 15) is 0 Å². The van der Waals surface area contributed by atoms with E-state index in [4.69, 9.17) is 0 Å². The molecule has 2 heteroatoms. The summed E-state index contributed by atoms with van der Waals surface area (Å²) in [5.41, 5.74) is 4.47. The van der Waals surface area contributed by atoms with Crippen LogP contribution in [0.1, 0.15) is 6.92 Å². The average molecular weight is 80.1 g/mol. The van der Waals surface area contributed by atoms with Crippen molar-refractivity contribution in [3.8, 4) is 0 Å². The molecule has 0 bridgehead atoms. The van der Waals surface area contributed by atoms with E-state index >= 15 is 0 Å². The van der Waals surface area contributed by atoms with Crippen LogP contribution >= 0.6 is 0 Å². The van der Waals surface area contributed by atoms with Gasteiger partial charge in [-0.2, -0.15) is 10.5 Å². The summed E-state index contributed by atoms with van der Waals surface area (Å²) in [4.78, 5) is 0. The smallest absolute Gasteiger partial charge is 0.0695 e. The number of rotatable bonds is 0. The monoisotopic (exact) mass is 80.0 g/mol. The number of hydrogen-bond acceptors (Lipinski definition) is 1. The second kappa shape index (κ2) is 1.12. The molecule has 0 saturated heterocycles. The van der Waals surface area contributed by atoms with Gasteiger partial charge in [-0.25, -0.2) is 0 Å². The van der Waals surface area contributed by atoms with Gasteiger partial charge >= 0.3 is 0 Å². The molecule has 2 nitrogen and oxygen atoms in total. The zero-order chi connectivity index (χ0) is 4.41. The van der Waals surface area contributed by atoms with E-state index in [-0.39, 0.29) is 0 Å². The van der Waals surface area contributed by atoms with Gasteiger partial charge in [0.05, 0.1) is 11.9 Å². The molecule has 0 atom stereocenters. The third kappa shape index (κ3) is 0.407. The fraction of sp³-hybridized carbons (Fsp3) is 0.250. The van der Waals surface area contributed by atoms with Gasteiger partial charge in [0.2, 0.25) is 0 Å². The molecule has 0 N–H and O–H groups in total. The van der Waals surface area contributed by atoms with Crippen molar-refractivity contribution in [2.24, 2.45) is 5.10 Å².